The molecule has 0 heterocycles. The van der Waals surface area contributed by atoms with Crippen LogP contribution in [0.25, 0.3) is 0 Å². The van der Waals surface area contributed by atoms with Crippen molar-refractivity contribution in [3.8, 4) is 0 Å². The second-order valence-electron chi connectivity index (χ2n) is 4.45. The average molecular weight is 355 g/mol. The first kappa shape index (κ1) is 14.9. The Labute approximate surface area is 130 Å². The van der Waals surface area contributed by atoms with E-state index < -0.39 is 5.97 Å². The molecule has 0 bridgehead atoms. The summed E-state index contributed by atoms with van der Waals surface area (Å²) in [5, 5.41) is 13.0. The van der Waals surface area contributed by atoms with Crippen LogP contribution in [0.1, 0.15) is 28.9 Å². The number of benzene rings is 2. The van der Waals surface area contributed by atoms with Gasteiger partial charge in [-0.3, -0.25) is 0 Å². The van der Waals surface area contributed by atoms with E-state index in [9.17, 15) is 4.79 Å². The van der Waals surface area contributed by atoms with Crippen LogP contribution < -0.4 is 5.32 Å². The fourth-order valence-corrected chi connectivity index (χ4v) is 2.50. The van der Waals surface area contributed by atoms with E-state index >= 15 is 0 Å². The normalized spacial score (nSPS) is 11.9. The minimum Gasteiger partial charge on any atom is -0.478 e. The summed E-state index contributed by atoms with van der Waals surface area (Å²) in [5.74, 6) is -0.950. The van der Waals surface area contributed by atoms with Crippen LogP contribution >= 0.6 is 27.5 Å². The van der Waals surface area contributed by atoms with Crippen molar-refractivity contribution in [2.45, 2.75) is 13.0 Å². The number of rotatable bonds is 4. The predicted molar refractivity (Wildman–Crippen MR) is 84.6 cm³/mol. The van der Waals surface area contributed by atoms with Crippen LogP contribution in [0.2, 0.25) is 5.02 Å². The maximum Gasteiger partial charge on any atom is 0.335 e. The van der Waals surface area contributed by atoms with E-state index in [0.717, 1.165) is 15.7 Å². The molecule has 0 spiro atoms. The molecule has 5 heteroatoms. The lowest BCUT2D eigenvalue weighted by molar-refractivity contribution is 0.0697. The van der Waals surface area contributed by atoms with Gasteiger partial charge in [0.25, 0.3) is 0 Å². The second-order valence-corrected chi connectivity index (χ2v) is 5.80. The number of anilines is 1. The quantitative estimate of drug-likeness (QED) is 0.814. The molecule has 20 heavy (non-hydrogen) atoms. The highest BCUT2D eigenvalue weighted by molar-refractivity contribution is 9.10. The Kier molecular flexibility index (Phi) is 4.68. The maximum absolute atomic E-state index is 11.0. The van der Waals surface area contributed by atoms with Crippen molar-refractivity contribution in [3.05, 3.63) is 63.1 Å². The summed E-state index contributed by atoms with van der Waals surface area (Å²) in [6, 6.07) is 12.6. The Morgan fingerprint density at radius 1 is 1.25 bits per heavy atom. The van der Waals surface area contributed by atoms with Gasteiger partial charge >= 0.3 is 5.97 Å². The summed E-state index contributed by atoms with van der Waals surface area (Å²) in [5.41, 5.74) is 2.07. The van der Waals surface area contributed by atoms with E-state index in [0.29, 0.717) is 5.02 Å². The molecule has 104 valence electrons. The van der Waals surface area contributed by atoms with Gasteiger partial charge in [0.05, 0.1) is 5.56 Å². The van der Waals surface area contributed by atoms with Gasteiger partial charge in [-0.25, -0.2) is 4.79 Å². The molecule has 2 rings (SSSR count). The predicted octanol–water partition coefficient (Wildman–Crippen LogP) is 4.97. The number of aromatic carboxylic acids is 1. The van der Waals surface area contributed by atoms with Crippen LogP contribution in [0.4, 0.5) is 5.69 Å². The zero-order valence-corrected chi connectivity index (χ0v) is 13.1. The van der Waals surface area contributed by atoms with Crippen molar-refractivity contribution < 1.29 is 9.90 Å². The van der Waals surface area contributed by atoms with Gasteiger partial charge in [-0.05, 0) is 42.8 Å². The van der Waals surface area contributed by atoms with Crippen LogP contribution in [0, 0.1) is 0 Å². The highest BCUT2D eigenvalue weighted by Gasteiger charge is 2.09. The molecule has 0 aliphatic carbocycles. The number of hydrogen-bond donors (Lipinski definition) is 2. The van der Waals surface area contributed by atoms with E-state index in [-0.39, 0.29) is 11.6 Å². The number of carbonyl (C=O) groups is 1. The standard InChI is InChI=1S/C15H13BrClNO2/c1-9(10-2-4-13(17)5-3-10)18-14-7-11(15(19)20)6-12(16)8-14/h2-9,18H,1H3,(H,19,20). The van der Waals surface area contributed by atoms with Crippen molar-refractivity contribution in [1.29, 1.82) is 0 Å². The van der Waals surface area contributed by atoms with Crippen molar-refractivity contribution in [3.63, 3.8) is 0 Å². The lowest BCUT2D eigenvalue weighted by Crippen LogP contribution is -2.07. The topological polar surface area (TPSA) is 49.3 Å². The molecular weight excluding hydrogens is 342 g/mol. The summed E-state index contributed by atoms with van der Waals surface area (Å²) in [4.78, 5) is 11.0. The van der Waals surface area contributed by atoms with Gasteiger partial charge in [0.1, 0.15) is 0 Å². The highest BCUT2D eigenvalue weighted by Crippen LogP contribution is 2.25. The third-order valence-electron chi connectivity index (χ3n) is 2.90. The molecule has 0 saturated heterocycles. The van der Waals surface area contributed by atoms with E-state index in [1.54, 1.807) is 12.1 Å². The number of nitrogens with one attached hydrogen (secondary N) is 1. The molecule has 1 unspecified atom stereocenters. The van der Waals surface area contributed by atoms with E-state index in [1.807, 2.05) is 37.3 Å². The molecule has 2 aromatic carbocycles. The molecule has 2 aromatic rings. The summed E-state index contributed by atoms with van der Waals surface area (Å²) in [6.07, 6.45) is 0. The second kappa shape index (κ2) is 6.29. The first-order valence-corrected chi connectivity index (χ1v) is 7.18. The van der Waals surface area contributed by atoms with Gasteiger partial charge in [0, 0.05) is 21.2 Å². The smallest absolute Gasteiger partial charge is 0.335 e. The largest absolute Gasteiger partial charge is 0.478 e. The Bertz CT molecular complexity index is 628. The molecule has 0 radical (unpaired) electrons. The molecule has 0 fully saturated rings. The van der Waals surface area contributed by atoms with Crippen molar-refractivity contribution in [2.75, 3.05) is 5.32 Å². The molecule has 0 aliphatic heterocycles. The summed E-state index contributed by atoms with van der Waals surface area (Å²) < 4.78 is 0.725. The Morgan fingerprint density at radius 3 is 2.50 bits per heavy atom. The van der Waals surface area contributed by atoms with Crippen molar-refractivity contribution in [1.82, 2.24) is 0 Å². The number of carboxylic acids is 1. The van der Waals surface area contributed by atoms with Crippen molar-refractivity contribution in [2.24, 2.45) is 0 Å². The molecule has 0 aliphatic rings. The van der Waals surface area contributed by atoms with E-state index in [2.05, 4.69) is 21.2 Å². The van der Waals surface area contributed by atoms with Crippen LogP contribution in [0.5, 0.6) is 0 Å². The van der Waals surface area contributed by atoms with Crippen LogP contribution in [0.15, 0.2) is 46.9 Å². The minimum absolute atomic E-state index is 0.0446. The lowest BCUT2D eigenvalue weighted by Gasteiger charge is -2.16. The number of carboxylic acid groups (broad SMARTS) is 1. The first-order chi connectivity index (χ1) is 9.45. The Balaban J connectivity index is 2.21. The fourth-order valence-electron chi connectivity index (χ4n) is 1.88. The molecule has 0 saturated carbocycles. The molecular formula is C15H13BrClNO2. The third kappa shape index (κ3) is 3.74. The maximum atomic E-state index is 11.0. The third-order valence-corrected chi connectivity index (χ3v) is 3.61. The number of halogens is 2. The SMILES string of the molecule is CC(Nc1cc(Br)cc(C(=O)O)c1)c1ccc(Cl)cc1. The van der Waals surface area contributed by atoms with Crippen LogP contribution in [0.3, 0.4) is 0 Å². The zero-order chi connectivity index (χ0) is 14.7. The fraction of sp³-hybridized carbons (Fsp3) is 0.133. The van der Waals surface area contributed by atoms with Gasteiger partial charge in [-0.2, -0.15) is 0 Å². The van der Waals surface area contributed by atoms with Gasteiger partial charge < -0.3 is 10.4 Å². The van der Waals surface area contributed by atoms with Gasteiger partial charge in [0.2, 0.25) is 0 Å². The minimum atomic E-state index is -0.950. The highest BCUT2D eigenvalue weighted by atomic mass is 79.9. The summed E-state index contributed by atoms with van der Waals surface area (Å²) in [6.45, 7) is 2.00. The van der Waals surface area contributed by atoms with Crippen LogP contribution in [-0.4, -0.2) is 11.1 Å². The first-order valence-electron chi connectivity index (χ1n) is 6.01. The molecule has 2 N–H and O–H groups in total. The molecule has 0 aromatic heterocycles. The van der Waals surface area contributed by atoms with Gasteiger partial charge in [-0.15, -0.1) is 0 Å². The molecule has 1 atom stereocenters. The number of hydrogen-bond acceptors (Lipinski definition) is 2. The Morgan fingerprint density at radius 2 is 1.90 bits per heavy atom. The monoisotopic (exact) mass is 353 g/mol. The summed E-state index contributed by atoms with van der Waals surface area (Å²) in [7, 11) is 0. The van der Waals surface area contributed by atoms with Crippen molar-refractivity contribution >= 4 is 39.2 Å². The average Bonchev–Trinajstić information content (AvgIpc) is 2.38. The Hall–Kier alpha value is -1.52. The van der Waals surface area contributed by atoms with Crippen LogP contribution in [-0.2, 0) is 0 Å². The zero-order valence-electron chi connectivity index (χ0n) is 10.7. The molecule has 3 nitrogen and oxygen atoms in total. The van der Waals surface area contributed by atoms with E-state index in [4.69, 9.17) is 16.7 Å². The van der Waals surface area contributed by atoms with E-state index in [1.165, 1.54) is 0 Å². The lowest BCUT2D eigenvalue weighted by atomic mass is 10.1. The van der Waals surface area contributed by atoms with Gasteiger partial charge in [0.15, 0.2) is 0 Å². The van der Waals surface area contributed by atoms with Gasteiger partial charge in [-0.1, -0.05) is 39.7 Å². The summed E-state index contributed by atoms with van der Waals surface area (Å²) >= 11 is 9.18. The molecule has 0 amide bonds.